The van der Waals surface area contributed by atoms with Crippen molar-refractivity contribution in [1.82, 2.24) is 20.4 Å². The zero-order valence-corrected chi connectivity index (χ0v) is 20.3. The molecule has 3 aromatic rings. The number of likely N-dealkylation sites (tertiary alicyclic amines) is 1. The van der Waals surface area contributed by atoms with Crippen molar-refractivity contribution in [3.05, 3.63) is 65.0 Å². The van der Waals surface area contributed by atoms with E-state index in [4.69, 9.17) is 20.9 Å². The highest BCUT2D eigenvalue weighted by Crippen LogP contribution is 2.26. The number of piperidine rings is 1. The molecule has 10 heteroatoms. The summed E-state index contributed by atoms with van der Waals surface area (Å²) in [4.78, 5) is 32.2. The van der Waals surface area contributed by atoms with E-state index in [1.165, 1.54) is 0 Å². The Hall–Kier alpha value is -3.27. The molecule has 1 aliphatic heterocycles. The van der Waals surface area contributed by atoms with Crippen molar-refractivity contribution in [3.63, 3.8) is 0 Å². The number of ether oxygens (including phenoxy) is 1. The van der Waals surface area contributed by atoms with E-state index in [1.54, 1.807) is 37.4 Å². The van der Waals surface area contributed by atoms with Gasteiger partial charge in [0.1, 0.15) is 0 Å². The van der Waals surface area contributed by atoms with Crippen LogP contribution in [0.3, 0.4) is 0 Å². The van der Waals surface area contributed by atoms with Crippen molar-refractivity contribution >= 4 is 29.1 Å². The van der Waals surface area contributed by atoms with Crippen LogP contribution in [0.25, 0.3) is 11.4 Å². The molecular weight excluding hydrogens is 470 g/mol. The number of hydrogen-bond acceptors (Lipinski definition) is 7. The zero-order chi connectivity index (χ0) is 24.6. The maximum absolute atomic E-state index is 13.1. The van der Waals surface area contributed by atoms with Crippen LogP contribution in [0.5, 0.6) is 0 Å². The van der Waals surface area contributed by atoms with E-state index in [1.807, 2.05) is 18.2 Å². The monoisotopic (exact) mass is 497 g/mol. The number of hydrogen-bond donors (Lipinski definition) is 2. The van der Waals surface area contributed by atoms with Gasteiger partial charge in [0.05, 0.1) is 35.3 Å². The van der Waals surface area contributed by atoms with Gasteiger partial charge in [-0.1, -0.05) is 41.0 Å². The molecule has 1 saturated heterocycles. The average Bonchev–Trinajstić information content (AvgIpc) is 3.33. The molecule has 2 amide bonds. The molecule has 1 aliphatic rings. The predicted molar refractivity (Wildman–Crippen MR) is 132 cm³/mol. The Bertz CT molecular complexity index is 1170. The second-order valence-corrected chi connectivity index (χ2v) is 8.76. The Balaban J connectivity index is 1.36. The molecular formula is C25H28ClN5O4. The normalized spacial score (nSPS) is 16.1. The van der Waals surface area contributed by atoms with Crippen LogP contribution < -0.4 is 10.6 Å². The Morgan fingerprint density at radius 1 is 1.20 bits per heavy atom. The molecule has 1 atom stereocenters. The second kappa shape index (κ2) is 11.9. The van der Waals surface area contributed by atoms with Crippen LogP contribution in [0.1, 0.15) is 29.1 Å². The molecule has 1 aromatic heterocycles. The molecule has 184 valence electrons. The van der Waals surface area contributed by atoms with E-state index in [2.05, 4.69) is 25.7 Å². The van der Waals surface area contributed by atoms with Gasteiger partial charge in [0.2, 0.25) is 17.6 Å². The van der Waals surface area contributed by atoms with Crippen LogP contribution in [-0.4, -0.2) is 60.2 Å². The van der Waals surface area contributed by atoms with Gasteiger partial charge in [0.15, 0.2) is 0 Å². The summed E-state index contributed by atoms with van der Waals surface area (Å²) in [7, 11) is 1.57. The highest BCUT2D eigenvalue weighted by Gasteiger charge is 2.28. The van der Waals surface area contributed by atoms with Gasteiger partial charge >= 0.3 is 0 Å². The fraction of sp³-hybridized carbons (Fsp3) is 0.360. The first kappa shape index (κ1) is 24.8. The number of nitrogens with zero attached hydrogens (tertiary/aromatic N) is 3. The molecule has 0 spiro atoms. The van der Waals surface area contributed by atoms with E-state index in [-0.39, 0.29) is 17.7 Å². The predicted octanol–water partition coefficient (Wildman–Crippen LogP) is 3.62. The molecule has 1 fully saturated rings. The molecule has 0 saturated carbocycles. The van der Waals surface area contributed by atoms with Crippen LogP contribution in [0.2, 0.25) is 5.02 Å². The topological polar surface area (TPSA) is 110 Å². The van der Waals surface area contributed by atoms with Crippen molar-refractivity contribution in [2.24, 2.45) is 5.92 Å². The lowest BCUT2D eigenvalue weighted by atomic mass is 9.96. The van der Waals surface area contributed by atoms with Gasteiger partial charge in [0, 0.05) is 25.8 Å². The van der Waals surface area contributed by atoms with Crippen molar-refractivity contribution in [3.8, 4) is 11.4 Å². The lowest BCUT2D eigenvalue weighted by Crippen LogP contribution is -2.40. The van der Waals surface area contributed by atoms with Gasteiger partial charge in [-0.25, -0.2) is 0 Å². The number of halogens is 1. The van der Waals surface area contributed by atoms with Gasteiger partial charge in [0.25, 0.3) is 5.91 Å². The number of carbonyl (C=O) groups excluding carboxylic acids is 2. The third-order valence-corrected chi connectivity index (χ3v) is 6.17. The highest BCUT2D eigenvalue weighted by atomic mass is 35.5. The minimum atomic E-state index is -0.256. The number of aromatic nitrogens is 2. The number of methoxy groups -OCH3 is 1. The number of amides is 2. The first-order chi connectivity index (χ1) is 17.0. The number of carbonyl (C=O) groups is 2. The van der Waals surface area contributed by atoms with Crippen molar-refractivity contribution in [2.45, 2.75) is 19.4 Å². The van der Waals surface area contributed by atoms with Gasteiger partial charge in [-0.05, 0) is 43.7 Å². The number of benzene rings is 2. The minimum Gasteiger partial charge on any atom is -0.383 e. The molecule has 4 rings (SSSR count). The fourth-order valence-electron chi connectivity index (χ4n) is 4.06. The maximum atomic E-state index is 13.1. The molecule has 9 nitrogen and oxygen atoms in total. The molecule has 0 aliphatic carbocycles. The summed E-state index contributed by atoms with van der Waals surface area (Å²) in [6.45, 7) is 2.63. The van der Waals surface area contributed by atoms with Crippen LogP contribution >= 0.6 is 11.6 Å². The Morgan fingerprint density at radius 3 is 2.83 bits per heavy atom. The molecule has 1 unspecified atom stereocenters. The summed E-state index contributed by atoms with van der Waals surface area (Å²) in [5.74, 6) is 0.318. The quantitative estimate of drug-likeness (QED) is 0.434. The second-order valence-electron chi connectivity index (χ2n) is 8.35. The van der Waals surface area contributed by atoms with Crippen molar-refractivity contribution < 1.29 is 18.8 Å². The Labute approximate surface area is 208 Å². The number of para-hydroxylation sites is 1. The smallest absolute Gasteiger partial charge is 0.253 e. The largest absolute Gasteiger partial charge is 0.383 e. The highest BCUT2D eigenvalue weighted by molar-refractivity contribution is 6.33. The maximum Gasteiger partial charge on any atom is 0.253 e. The van der Waals surface area contributed by atoms with Gasteiger partial charge in [-0.3, -0.25) is 14.5 Å². The first-order valence-corrected chi connectivity index (χ1v) is 11.9. The minimum absolute atomic E-state index is 0.117. The number of anilines is 1. The van der Waals surface area contributed by atoms with E-state index in [0.717, 1.165) is 19.4 Å². The van der Waals surface area contributed by atoms with Crippen LogP contribution in [0, 0.1) is 5.92 Å². The van der Waals surface area contributed by atoms with Gasteiger partial charge in [-0.2, -0.15) is 4.98 Å². The van der Waals surface area contributed by atoms with Crippen molar-refractivity contribution in [1.29, 1.82) is 0 Å². The third kappa shape index (κ3) is 6.45. The van der Waals surface area contributed by atoms with Crippen LogP contribution in [0.4, 0.5) is 5.69 Å². The molecule has 2 heterocycles. The van der Waals surface area contributed by atoms with Gasteiger partial charge in [-0.15, -0.1) is 0 Å². The summed E-state index contributed by atoms with van der Waals surface area (Å²) in [6.07, 6.45) is 1.63. The van der Waals surface area contributed by atoms with E-state index >= 15 is 0 Å². The summed E-state index contributed by atoms with van der Waals surface area (Å²) < 4.78 is 10.4. The van der Waals surface area contributed by atoms with E-state index in [9.17, 15) is 9.59 Å². The van der Waals surface area contributed by atoms with Crippen molar-refractivity contribution in [2.75, 3.05) is 38.7 Å². The van der Waals surface area contributed by atoms with Crippen LogP contribution in [-0.2, 0) is 16.1 Å². The number of nitrogens with one attached hydrogen (secondary N) is 2. The Morgan fingerprint density at radius 2 is 2.00 bits per heavy atom. The molecule has 0 bridgehead atoms. The summed E-state index contributed by atoms with van der Waals surface area (Å²) in [6, 6.07) is 14.3. The van der Waals surface area contributed by atoms with Gasteiger partial charge < -0.3 is 19.9 Å². The SMILES string of the molecule is COCCNC(=O)c1ccccc1NC(=O)C1CCCN(Cc2nc(-c3ccccc3Cl)no2)C1. The fourth-order valence-corrected chi connectivity index (χ4v) is 4.28. The van der Waals surface area contributed by atoms with E-state index in [0.29, 0.717) is 59.8 Å². The first-order valence-electron chi connectivity index (χ1n) is 11.5. The summed E-state index contributed by atoms with van der Waals surface area (Å²) >= 11 is 6.24. The summed E-state index contributed by atoms with van der Waals surface area (Å²) in [5, 5.41) is 10.3. The lowest BCUT2D eigenvalue weighted by molar-refractivity contribution is -0.121. The lowest BCUT2D eigenvalue weighted by Gasteiger charge is -2.31. The number of rotatable bonds is 9. The third-order valence-electron chi connectivity index (χ3n) is 5.84. The standard InChI is InChI=1S/C25H28ClN5O4/c1-34-14-12-27-25(33)19-9-3-5-11-21(19)28-24(32)17-7-6-13-31(15-17)16-22-29-23(30-35-22)18-8-2-4-10-20(18)26/h2-5,8-11,17H,6-7,12-16H2,1H3,(H,27,33)(H,28,32). The average molecular weight is 498 g/mol. The zero-order valence-electron chi connectivity index (χ0n) is 19.5. The Kier molecular flexibility index (Phi) is 8.46. The van der Waals surface area contributed by atoms with E-state index < -0.39 is 0 Å². The summed E-state index contributed by atoms with van der Waals surface area (Å²) in [5.41, 5.74) is 1.62. The molecule has 0 radical (unpaired) electrons. The molecule has 35 heavy (non-hydrogen) atoms. The molecule has 2 aromatic carbocycles. The van der Waals surface area contributed by atoms with Crippen LogP contribution in [0.15, 0.2) is 53.1 Å². The molecule has 2 N–H and O–H groups in total.